The van der Waals surface area contributed by atoms with Crippen molar-refractivity contribution in [1.82, 2.24) is 0 Å². The summed E-state index contributed by atoms with van der Waals surface area (Å²) in [6.45, 7) is 18.9. The molecule has 2 aromatic rings. The van der Waals surface area contributed by atoms with Gasteiger partial charge in [0.25, 0.3) is 0 Å². The second kappa shape index (κ2) is 6.40. The van der Waals surface area contributed by atoms with Gasteiger partial charge in [-0.25, -0.2) is 0 Å². The first-order valence-corrected chi connectivity index (χ1v) is 10.1. The number of aryl methyl sites for hydroxylation is 2. The van der Waals surface area contributed by atoms with Gasteiger partial charge < -0.3 is 0 Å². The van der Waals surface area contributed by atoms with Gasteiger partial charge >= 0.3 is 0 Å². The zero-order valence-corrected chi connectivity index (χ0v) is 17.0. The number of hydrogen-bond acceptors (Lipinski definition) is 0. The fraction of sp³-hybridized carbons (Fsp3) is 0.455. The van der Waals surface area contributed by atoms with Crippen molar-refractivity contribution in [3.63, 3.8) is 0 Å². The maximum absolute atomic E-state index is 2.41. The first-order valence-electron chi connectivity index (χ1n) is 8.57. The normalized spacial score (nSPS) is 12.7. The van der Waals surface area contributed by atoms with E-state index in [1.807, 2.05) is 0 Å². The Hall–Kier alpha value is -1.13. The van der Waals surface area contributed by atoms with Crippen molar-refractivity contribution in [2.45, 2.75) is 65.7 Å². The first-order chi connectivity index (χ1) is 10.5. The molecule has 0 spiro atoms. The van der Waals surface area contributed by atoms with Gasteiger partial charge in [-0.3, -0.25) is 0 Å². The molecule has 0 aliphatic heterocycles. The van der Waals surface area contributed by atoms with E-state index in [-0.39, 0.29) is 0 Å². The Morgan fingerprint density at radius 2 is 1.13 bits per heavy atom. The molecular weight excluding hydrogens is 295 g/mol. The first kappa shape index (κ1) is 18.2. The van der Waals surface area contributed by atoms with Gasteiger partial charge in [-0.1, -0.05) is 36.4 Å². The summed E-state index contributed by atoms with van der Waals surface area (Å²) in [5.74, 6) is 0. The molecule has 0 aliphatic carbocycles. The van der Waals surface area contributed by atoms with Crippen molar-refractivity contribution in [2.75, 3.05) is 0 Å². The van der Waals surface area contributed by atoms with Crippen LogP contribution in [0.25, 0.3) is 11.1 Å². The highest BCUT2D eigenvalue weighted by Crippen LogP contribution is 2.59. The standard InChI is InChI=1S/C22H31P/c1-16-12-11-13-17(2)20(16)18-14-9-10-15-19(18)23(21(3,4)5)22(6,7)8/h9-15H,1-8H3/p+1. The summed E-state index contributed by atoms with van der Waals surface area (Å²) in [5, 5.41) is 2.21. The summed E-state index contributed by atoms with van der Waals surface area (Å²) in [6, 6.07) is 15.7. The molecule has 0 saturated heterocycles. The largest absolute Gasteiger partial charge is 0.100 e. The van der Waals surface area contributed by atoms with Crippen LogP contribution in [-0.4, -0.2) is 10.3 Å². The summed E-state index contributed by atoms with van der Waals surface area (Å²) < 4.78 is 0. The molecule has 0 unspecified atom stereocenters. The molecule has 0 bridgehead atoms. The fourth-order valence-electron chi connectivity index (χ4n) is 4.09. The maximum atomic E-state index is 2.41. The Labute approximate surface area is 144 Å². The molecule has 0 aromatic heterocycles. The zero-order valence-electron chi connectivity index (χ0n) is 16.0. The van der Waals surface area contributed by atoms with Crippen LogP contribution in [0.1, 0.15) is 52.7 Å². The minimum Gasteiger partial charge on any atom is -0.0617 e. The SMILES string of the molecule is Cc1cccc(C)c1-c1ccccc1[PH+](C(C)(C)C)C(C)(C)C. The van der Waals surface area contributed by atoms with E-state index in [2.05, 4.69) is 97.9 Å². The highest BCUT2D eigenvalue weighted by Gasteiger charge is 2.44. The summed E-state index contributed by atoms with van der Waals surface area (Å²) in [5.41, 5.74) is 5.63. The topological polar surface area (TPSA) is 0 Å². The second-order valence-corrected chi connectivity index (χ2v) is 13.0. The van der Waals surface area contributed by atoms with Crippen molar-refractivity contribution in [1.29, 1.82) is 0 Å². The van der Waals surface area contributed by atoms with Gasteiger partial charge in [0.1, 0.15) is 5.30 Å². The van der Waals surface area contributed by atoms with Crippen molar-refractivity contribution in [2.24, 2.45) is 0 Å². The van der Waals surface area contributed by atoms with E-state index in [1.54, 1.807) is 5.30 Å². The summed E-state index contributed by atoms with van der Waals surface area (Å²) in [4.78, 5) is 0. The summed E-state index contributed by atoms with van der Waals surface area (Å²) >= 11 is 0. The minimum atomic E-state index is -0.763. The molecule has 1 heteroatoms. The van der Waals surface area contributed by atoms with Crippen LogP contribution in [0.2, 0.25) is 0 Å². The third kappa shape index (κ3) is 3.86. The molecular formula is C22H32P+. The van der Waals surface area contributed by atoms with Crippen molar-refractivity contribution in [3.05, 3.63) is 53.6 Å². The molecule has 0 amide bonds. The van der Waals surface area contributed by atoms with E-state index >= 15 is 0 Å². The quantitative estimate of drug-likeness (QED) is 0.559. The van der Waals surface area contributed by atoms with E-state index in [0.29, 0.717) is 10.3 Å². The van der Waals surface area contributed by atoms with Crippen LogP contribution in [0, 0.1) is 13.8 Å². The van der Waals surface area contributed by atoms with Gasteiger partial charge in [-0.2, -0.15) is 0 Å². The van der Waals surface area contributed by atoms with Crippen molar-refractivity contribution >= 4 is 13.2 Å². The van der Waals surface area contributed by atoms with Gasteiger partial charge in [-0.05, 0) is 78.1 Å². The fourth-order valence-corrected chi connectivity index (χ4v) is 8.70. The summed E-state index contributed by atoms with van der Waals surface area (Å²) in [6.07, 6.45) is 0. The second-order valence-electron chi connectivity index (χ2n) is 8.69. The van der Waals surface area contributed by atoms with Gasteiger partial charge in [0.2, 0.25) is 0 Å². The molecule has 2 rings (SSSR count). The van der Waals surface area contributed by atoms with Crippen LogP contribution in [0.3, 0.4) is 0 Å². The molecule has 124 valence electrons. The Balaban J connectivity index is 2.76. The van der Waals surface area contributed by atoms with Crippen LogP contribution >= 0.6 is 7.92 Å². The Bertz CT molecular complexity index is 650. The van der Waals surface area contributed by atoms with E-state index in [9.17, 15) is 0 Å². The lowest BCUT2D eigenvalue weighted by molar-refractivity contribution is 0.715. The van der Waals surface area contributed by atoms with Gasteiger partial charge in [0.15, 0.2) is 0 Å². The average Bonchev–Trinajstić information content (AvgIpc) is 2.37. The van der Waals surface area contributed by atoms with Crippen LogP contribution in [0.15, 0.2) is 42.5 Å². The van der Waals surface area contributed by atoms with E-state index < -0.39 is 7.92 Å². The molecule has 2 aromatic carbocycles. The molecule has 0 heterocycles. The Morgan fingerprint density at radius 1 is 0.652 bits per heavy atom. The van der Waals surface area contributed by atoms with Crippen LogP contribution in [-0.2, 0) is 0 Å². The lowest BCUT2D eigenvalue weighted by atomic mass is 9.96. The molecule has 0 aliphatic rings. The average molecular weight is 327 g/mol. The zero-order chi connectivity index (χ0) is 17.4. The maximum Gasteiger partial charge on any atom is 0.100 e. The molecule has 0 atom stereocenters. The van der Waals surface area contributed by atoms with Crippen molar-refractivity contribution < 1.29 is 0 Å². The highest BCUT2D eigenvalue weighted by atomic mass is 31.1. The monoisotopic (exact) mass is 327 g/mol. The van der Waals surface area contributed by atoms with Gasteiger partial charge in [0.05, 0.1) is 10.3 Å². The molecule has 0 fully saturated rings. The molecule has 0 N–H and O–H groups in total. The predicted molar refractivity (Wildman–Crippen MR) is 109 cm³/mol. The molecule has 0 saturated carbocycles. The molecule has 0 radical (unpaired) electrons. The van der Waals surface area contributed by atoms with Crippen molar-refractivity contribution in [3.8, 4) is 11.1 Å². The predicted octanol–water partition coefficient (Wildman–Crippen LogP) is 6.41. The highest BCUT2D eigenvalue weighted by molar-refractivity contribution is 7.68. The van der Waals surface area contributed by atoms with Crippen LogP contribution in [0.5, 0.6) is 0 Å². The van der Waals surface area contributed by atoms with Gasteiger partial charge in [0, 0.05) is 13.5 Å². The van der Waals surface area contributed by atoms with E-state index in [1.165, 1.54) is 22.3 Å². The van der Waals surface area contributed by atoms with E-state index in [0.717, 1.165) is 0 Å². The van der Waals surface area contributed by atoms with Crippen LogP contribution in [0.4, 0.5) is 0 Å². The summed E-state index contributed by atoms with van der Waals surface area (Å²) in [7, 11) is -0.763. The Kier molecular flexibility index (Phi) is 5.07. The number of hydrogen-bond donors (Lipinski definition) is 0. The van der Waals surface area contributed by atoms with Gasteiger partial charge in [-0.15, -0.1) is 0 Å². The third-order valence-electron chi connectivity index (χ3n) is 4.45. The van der Waals surface area contributed by atoms with E-state index in [4.69, 9.17) is 0 Å². The Morgan fingerprint density at radius 3 is 1.61 bits per heavy atom. The third-order valence-corrected chi connectivity index (χ3v) is 8.42. The molecule has 23 heavy (non-hydrogen) atoms. The lowest BCUT2D eigenvalue weighted by Gasteiger charge is -2.35. The number of benzene rings is 2. The number of rotatable bonds is 2. The van der Waals surface area contributed by atoms with Crippen LogP contribution < -0.4 is 5.30 Å². The lowest BCUT2D eigenvalue weighted by Crippen LogP contribution is -2.32. The minimum absolute atomic E-state index is 0.315. The smallest absolute Gasteiger partial charge is 0.0617 e. The molecule has 0 nitrogen and oxygen atoms in total.